The Kier molecular flexibility index (Phi) is 6.64. The van der Waals surface area contributed by atoms with Crippen LogP contribution in [0, 0.1) is 11.8 Å². The second-order valence-electron chi connectivity index (χ2n) is 3.92. The van der Waals surface area contributed by atoms with E-state index in [1.807, 2.05) is 0 Å². The van der Waals surface area contributed by atoms with Gasteiger partial charge in [0.2, 0.25) is 0 Å². The average Bonchev–Trinajstić information content (AvgIpc) is 2.44. The molecule has 0 radical (unpaired) electrons. The van der Waals surface area contributed by atoms with Crippen LogP contribution in [0.1, 0.15) is 15.9 Å². The van der Waals surface area contributed by atoms with Crippen molar-refractivity contribution in [3.8, 4) is 11.8 Å². The molecule has 0 aliphatic heterocycles. The van der Waals surface area contributed by atoms with Crippen LogP contribution in [0.15, 0.2) is 24.3 Å². The van der Waals surface area contributed by atoms with Crippen LogP contribution < -0.4 is 5.73 Å². The van der Waals surface area contributed by atoms with Crippen LogP contribution in [0.5, 0.6) is 0 Å². The standard InChI is InChI=1S/C14H16F2N2O2/c15-13(16)10-18(8-9-19)14(20)12-6-2-1-4-11(12)5-3-7-17/h1-2,4,6,13,19H,7-10,17H2. The number of hydrogen-bond acceptors (Lipinski definition) is 3. The molecule has 0 aliphatic carbocycles. The van der Waals surface area contributed by atoms with Gasteiger partial charge in [-0.15, -0.1) is 0 Å². The summed E-state index contributed by atoms with van der Waals surface area (Å²) in [5, 5.41) is 8.87. The van der Waals surface area contributed by atoms with Gasteiger partial charge in [-0.05, 0) is 12.1 Å². The van der Waals surface area contributed by atoms with Crippen LogP contribution in [-0.2, 0) is 0 Å². The van der Waals surface area contributed by atoms with Crippen LogP contribution in [-0.4, -0.2) is 48.6 Å². The van der Waals surface area contributed by atoms with Crippen LogP contribution >= 0.6 is 0 Å². The molecule has 0 fully saturated rings. The summed E-state index contributed by atoms with van der Waals surface area (Å²) >= 11 is 0. The minimum Gasteiger partial charge on any atom is -0.395 e. The number of carbonyl (C=O) groups excluding carboxylic acids is 1. The van der Waals surface area contributed by atoms with Gasteiger partial charge >= 0.3 is 0 Å². The van der Waals surface area contributed by atoms with Gasteiger partial charge in [-0.3, -0.25) is 4.79 Å². The summed E-state index contributed by atoms with van der Waals surface area (Å²) in [5.41, 5.74) is 5.93. The van der Waals surface area contributed by atoms with E-state index in [2.05, 4.69) is 11.8 Å². The number of amides is 1. The molecule has 3 N–H and O–H groups in total. The van der Waals surface area contributed by atoms with Gasteiger partial charge in [-0.25, -0.2) is 8.78 Å². The fraction of sp³-hybridized carbons (Fsp3) is 0.357. The molecule has 0 saturated heterocycles. The predicted molar refractivity (Wildman–Crippen MR) is 71.4 cm³/mol. The fourth-order valence-electron chi connectivity index (χ4n) is 1.66. The van der Waals surface area contributed by atoms with E-state index >= 15 is 0 Å². The molecule has 0 spiro atoms. The summed E-state index contributed by atoms with van der Waals surface area (Å²) < 4.78 is 24.9. The van der Waals surface area contributed by atoms with Crippen LogP contribution in [0.4, 0.5) is 8.78 Å². The largest absolute Gasteiger partial charge is 0.395 e. The molecule has 6 heteroatoms. The minimum absolute atomic E-state index is 0.139. The summed E-state index contributed by atoms with van der Waals surface area (Å²) in [6.07, 6.45) is -2.66. The van der Waals surface area contributed by atoms with Crippen LogP contribution in [0.3, 0.4) is 0 Å². The Morgan fingerprint density at radius 3 is 2.70 bits per heavy atom. The molecule has 20 heavy (non-hydrogen) atoms. The predicted octanol–water partition coefficient (Wildman–Crippen LogP) is 0.696. The molecular formula is C14H16F2N2O2. The van der Waals surface area contributed by atoms with E-state index < -0.39 is 18.9 Å². The van der Waals surface area contributed by atoms with E-state index in [1.54, 1.807) is 18.2 Å². The molecule has 0 aromatic heterocycles. The van der Waals surface area contributed by atoms with Crippen molar-refractivity contribution >= 4 is 5.91 Å². The summed E-state index contributed by atoms with van der Waals surface area (Å²) in [7, 11) is 0. The van der Waals surface area contributed by atoms with Crippen molar-refractivity contribution < 1.29 is 18.7 Å². The molecule has 108 valence electrons. The normalized spacial score (nSPS) is 10.1. The van der Waals surface area contributed by atoms with Crippen molar-refractivity contribution in [2.45, 2.75) is 6.43 Å². The van der Waals surface area contributed by atoms with Crippen molar-refractivity contribution in [1.29, 1.82) is 0 Å². The summed E-state index contributed by atoms with van der Waals surface area (Å²) in [6.45, 7) is -1.12. The van der Waals surface area contributed by atoms with E-state index in [0.29, 0.717) is 5.56 Å². The Labute approximate surface area is 116 Å². The van der Waals surface area contributed by atoms with E-state index in [4.69, 9.17) is 10.8 Å². The first-order chi connectivity index (χ1) is 9.60. The lowest BCUT2D eigenvalue weighted by Gasteiger charge is -2.21. The number of carbonyl (C=O) groups is 1. The molecule has 0 saturated carbocycles. The molecule has 1 amide bonds. The van der Waals surface area contributed by atoms with Gasteiger partial charge in [0, 0.05) is 12.1 Å². The second-order valence-corrected chi connectivity index (χ2v) is 3.92. The quantitative estimate of drug-likeness (QED) is 0.781. The highest BCUT2D eigenvalue weighted by Crippen LogP contribution is 2.12. The zero-order valence-electron chi connectivity index (χ0n) is 10.9. The number of alkyl halides is 2. The number of hydrogen-bond donors (Lipinski definition) is 2. The lowest BCUT2D eigenvalue weighted by Crippen LogP contribution is -2.37. The van der Waals surface area contributed by atoms with Crippen LogP contribution in [0.2, 0.25) is 0 Å². The third-order valence-corrected chi connectivity index (χ3v) is 2.50. The smallest absolute Gasteiger partial charge is 0.255 e. The highest BCUT2D eigenvalue weighted by Gasteiger charge is 2.20. The molecule has 4 nitrogen and oxygen atoms in total. The van der Waals surface area contributed by atoms with E-state index in [0.717, 1.165) is 4.90 Å². The fourth-order valence-corrected chi connectivity index (χ4v) is 1.66. The first-order valence-corrected chi connectivity index (χ1v) is 6.06. The number of nitrogens with zero attached hydrogens (tertiary/aromatic N) is 1. The summed E-state index contributed by atoms with van der Waals surface area (Å²) in [4.78, 5) is 13.1. The molecule has 1 aromatic rings. The summed E-state index contributed by atoms with van der Waals surface area (Å²) in [5.74, 6) is 4.77. The third kappa shape index (κ3) is 4.61. The van der Waals surface area contributed by atoms with Crippen molar-refractivity contribution in [3.63, 3.8) is 0 Å². The van der Waals surface area contributed by atoms with E-state index in [-0.39, 0.29) is 25.3 Å². The Hall–Kier alpha value is -1.97. The van der Waals surface area contributed by atoms with Crippen molar-refractivity contribution in [2.75, 3.05) is 26.2 Å². The third-order valence-electron chi connectivity index (χ3n) is 2.50. The number of nitrogens with two attached hydrogens (primary N) is 1. The van der Waals surface area contributed by atoms with Gasteiger partial charge in [0.25, 0.3) is 12.3 Å². The lowest BCUT2D eigenvalue weighted by atomic mass is 10.1. The van der Waals surface area contributed by atoms with Gasteiger partial charge < -0.3 is 15.7 Å². The molecule has 0 atom stereocenters. The first-order valence-electron chi connectivity index (χ1n) is 6.06. The number of benzene rings is 1. The molecule has 0 unspecified atom stereocenters. The average molecular weight is 282 g/mol. The van der Waals surface area contributed by atoms with Gasteiger partial charge in [-0.1, -0.05) is 24.0 Å². The molecule has 0 aliphatic rings. The Morgan fingerprint density at radius 1 is 1.40 bits per heavy atom. The highest BCUT2D eigenvalue weighted by atomic mass is 19.3. The molecular weight excluding hydrogens is 266 g/mol. The Morgan fingerprint density at radius 2 is 2.10 bits per heavy atom. The molecule has 1 rings (SSSR count). The number of aliphatic hydroxyl groups excluding tert-OH is 1. The SMILES string of the molecule is NCC#Cc1ccccc1C(=O)N(CCO)CC(F)F. The van der Waals surface area contributed by atoms with E-state index in [1.165, 1.54) is 6.07 Å². The lowest BCUT2D eigenvalue weighted by molar-refractivity contribution is 0.0509. The number of rotatable bonds is 5. The molecule has 0 bridgehead atoms. The van der Waals surface area contributed by atoms with Gasteiger partial charge in [-0.2, -0.15) is 0 Å². The summed E-state index contributed by atoms with van der Waals surface area (Å²) in [6, 6.07) is 6.45. The molecule has 1 aromatic carbocycles. The zero-order chi connectivity index (χ0) is 15.0. The van der Waals surface area contributed by atoms with Crippen molar-refractivity contribution in [3.05, 3.63) is 35.4 Å². The maximum atomic E-state index is 12.5. The Balaban J connectivity index is 3.04. The second kappa shape index (κ2) is 8.25. The zero-order valence-corrected chi connectivity index (χ0v) is 10.9. The highest BCUT2D eigenvalue weighted by molar-refractivity contribution is 5.96. The minimum atomic E-state index is -2.66. The topological polar surface area (TPSA) is 66.6 Å². The number of halogens is 2. The Bertz CT molecular complexity index is 509. The first kappa shape index (κ1) is 16.1. The van der Waals surface area contributed by atoms with Crippen molar-refractivity contribution in [2.24, 2.45) is 5.73 Å². The van der Waals surface area contributed by atoms with Crippen molar-refractivity contribution in [1.82, 2.24) is 4.90 Å². The van der Waals surface area contributed by atoms with Gasteiger partial charge in [0.1, 0.15) is 0 Å². The monoisotopic (exact) mass is 282 g/mol. The van der Waals surface area contributed by atoms with Gasteiger partial charge in [0.15, 0.2) is 0 Å². The van der Waals surface area contributed by atoms with E-state index in [9.17, 15) is 13.6 Å². The maximum Gasteiger partial charge on any atom is 0.255 e. The maximum absolute atomic E-state index is 12.5. The molecule has 0 heterocycles. The van der Waals surface area contributed by atoms with Crippen LogP contribution in [0.25, 0.3) is 0 Å². The number of aliphatic hydroxyl groups is 1. The van der Waals surface area contributed by atoms with Gasteiger partial charge in [0.05, 0.1) is 25.3 Å².